The molecule has 2 aromatic carbocycles. The lowest BCUT2D eigenvalue weighted by atomic mass is 10.1. The van der Waals surface area contributed by atoms with Crippen molar-refractivity contribution in [2.24, 2.45) is 0 Å². The lowest BCUT2D eigenvalue weighted by Gasteiger charge is -2.10. The van der Waals surface area contributed by atoms with Crippen LogP contribution >= 0.6 is 0 Å². The van der Waals surface area contributed by atoms with Gasteiger partial charge in [-0.05, 0) is 61.4 Å². The molecule has 0 aliphatic heterocycles. The summed E-state index contributed by atoms with van der Waals surface area (Å²) in [6.45, 7) is 0. The molecule has 0 aromatic heterocycles. The highest BCUT2D eigenvalue weighted by Gasteiger charge is 2.30. The van der Waals surface area contributed by atoms with Crippen LogP contribution in [0.2, 0.25) is 0 Å². The Morgan fingerprint density at radius 1 is 0.846 bits per heavy atom. The molecule has 2 aromatic rings. The number of hydrogen-bond acceptors (Lipinski definition) is 2. The highest BCUT2D eigenvalue weighted by molar-refractivity contribution is 6.04. The van der Waals surface area contributed by atoms with Crippen molar-refractivity contribution >= 4 is 23.3 Å². The second-order valence-corrected chi connectivity index (χ2v) is 5.98. The summed E-state index contributed by atoms with van der Waals surface area (Å²) in [4.78, 5) is 23.7. The zero-order valence-corrected chi connectivity index (χ0v) is 13.6. The van der Waals surface area contributed by atoms with Gasteiger partial charge in [-0.25, -0.2) is 4.79 Å². The van der Waals surface area contributed by atoms with Crippen LogP contribution in [0.4, 0.5) is 29.3 Å². The number of anilines is 2. The highest BCUT2D eigenvalue weighted by Crippen LogP contribution is 2.29. The van der Waals surface area contributed by atoms with Gasteiger partial charge in [0.05, 0.1) is 5.56 Å². The van der Waals surface area contributed by atoms with Crippen molar-refractivity contribution in [1.29, 1.82) is 0 Å². The minimum absolute atomic E-state index is 0.115. The Kier molecular flexibility index (Phi) is 4.83. The minimum Gasteiger partial charge on any atom is -0.335 e. The predicted octanol–water partition coefficient (Wildman–Crippen LogP) is 4.24. The standard InChI is InChI=1S/C18H16F3N3O2/c19-18(20,21)12-3-1-11(2-4-12)16(25)22-13-5-7-14(8-6-13)23-17(26)24-15-9-10-15/h1-8,15H,9-10H2,(H,22,25)(H2,23,24,26). The van der Waals surface area contributed by atoms with Gasteiger partial charge in [0, 0.05) is 23.0 Å². The first kappa shape index (κ1) is 17.8. The second kappa shape index (κ2) is 7.07. The molecule has 136 valence electrons. The molecular weight excluding hydrogens is 347 g/mol. The Morgan fingerprint density at radius 3 is 1.88 bits per heavy atom. The van der Waals surface area contributed by atoms with Gasteiger partial charge in [-0.1, -0.05) is 0 Å². The third kappa shape index (κ3) is 4.75. The van der Waals surface area contributed by atoms with Crippen LogP contribution in [0.15, 0.2) is 48.5 Å². The van der Waals surface area contributed by atoms with E-state index in [0.29, 0.717) is 11.4 Å². The van der Waals surface area contributed by atoms with Gasteiger partial charge in [-0.3, -0.25) is 4.79 Å². The number of nitrogens with one attached hydrogen (secondary N) is 3. The summed E-state index contributed by atoms with van der Waals surface area (Å²) in [5.41, 5.74) is 0.330. The maximum atomic E-state index is 12.5. The van der Waals surface area contributed by atoms with Crippen LogP contribution in [0.25, 0.3) is 0 Å². The maximum absolute atomic E-state index is 12.5. The number of carbonyl (C=O) groups is 2. The molecule has 3 amide bonds. The van der Waals surface area contributed by atoms with Crippen LogP contribution in [0.3, 0.4) is 0 Å². The fourth-order valence-corrected chi connectivity index (χ4v) is 2.23. The largest absolute Gasteiger partial charge is 0.416 e. The third-order valence-electron chi connectivity index (χ3n) is 3.79. The number of urea groups is 1. The number of carbonyl (C=O) groups excluding carboxylic acids is 2. The van der Waals surface area contributed by atoms with Gasteiger partial charge in [0.25, 0.3) is 5.91 Å². The highest BCUT2D eigenvalue weighted by atomic mass is 19.4. The van der Waals surface area contributed by atoms with Gasteiger partial charge < -0.3 is 16.0 Å². The van der Waals surface area contributed by atoms with E-state index in [4.69, 9.17) is 0 Å². The summed E-state index contributed by atoms with van der Waals surface area (Å²) in [5, 5.41) is 8.05. The van der Waals surface area contributed by atoms with Gasteiger partial charge in [0.1, 0.15) is 0 Å². The van der Waals surface area contributed by atoms with E-state index >= 15 is 0 Å². The summed E-state index contributed by atoms with van der Waals surface area (Å²) >= 11 is 0. The normalized spacial score (nSPS) is 13.8. The summed E-state index contributed by atoms with van der Waals surface area (Å²) < 4.78 is 37.6. The topological polar surface area (TPSA) is 70.2 Å². The summed E-state index contributed by atoms with van der Waals surface area (Å²) in [6, 6.07) is 10.4. The third-order valence-corrected chi connectivity index (χ3v) is 3.79. The number of hydrogen-bond donors (Lipinski definition) is 3. The summed E-state index contributed by atoms with van der Waals surface area (Å²) in [5.74, 6) is -0.522. The monoisotopic (exact) mass is 363 g/mol. The first-order valence-electron chi connectivity index (χ1n) is 7.97. The molecule has 0 spiro atoms. The summed E-state index contributed by atoms with van der Waals surface area (Å²) in [7, 11) is 0. The maximum Gasteiger partial charge on any atom is 0.416 e. The number of halogens is 3. The van der Waals surface area contributed by atoms with E-state index in [9.17, 15) is 22.8 Å². The second-order valence-electron chi connectivity index (χ2n) is 5.98. The Hall–Kier alpha value is -3.03. The molecule has 0 unspecified atom stereocenters. The quantitative estimate of drug-likeness (QED) is 0.760. The predicted molar refractivity (Wildman–Crippen MR) is 91.0 cm³/mol. The van der Waals surface area contributed by atoms with Crippen LogP contribution in [0.1, 0.15) is 28.8 Å². The molecule has 0 saturated heterocycles. The fraction of sp³-hybridized carbons (Fsp3) is 0.222. The summed E-state index contributed by atoms with van der Waals surface area (Å²) in [6.07, 6.45) is -2.46. The lowest BCUT2D eigenvalue weighted by Crippen LogP contribution is -2.30. The van der Waals surface area contributed by atoms with Crippen molar-refractivity contribution in [1.82, 2.24) is 5.32 Å². The molecule has 0 radical (unpaired) electrons. The number of alkyl halides is 3. The van der Waals surface area contributed by atoms with E-state index in [1.54, 1.807) is 24.3 Å². The van der Waals surface area contributed by atoms with Crippen LogP contribution in [-0.4, -0.2) is 18.0 Å². The van der Waals surface area contributed by atoms with Crippen LogP contribution in [-0.2, 0) is 6.18 Å². The van der Waals surface area contributed by atoms with Gasteiger partial charge in [0.15, 0.2) is 0 Å². The lowest BCUT2D eigenvalue weighted by molar-refractivity contribution is -0.137. The van der Waals surface area contributed by atoms with Crippen molar-refractivity contribution in [2.45, 2.75) is 25.1 Å². The number of amides is 3. The zero-order chi connectivity index (χ0) is 18.7. The SMILES string of the molecule is O=C(Nc1ccc(NC(=O)c2ccc(C(F)(F)F)cc2)cc1)NC1CC1. The van der Waals surface area contributed by atoms with Gasteiger partial charge in [0.2, 0.25) is 0 Å². The smallest absolute Gasteiger partial charge is 0.335 e. The Balaban J connectivity index is 1.57. The molecule has 5 nitrogen and oxygen atoms in total. The van der Waals surface area contributed by atoms with Crippen molar-refractivity contribution in [3.8, 4) is 0 Å². The van der Waals surface area contributed by atoms with E-state index in [1.165, 1.54) is 0 Å². The molecule has 1 aliphatic rings. The molecule has 1 fully saturated rings. The molecule has 8 heteroatoms. The van der Waals surface area contributed by atoms with E-state index in [2.05, 4.69) is 16.0 Å². The molecule has 1 saturated carbocycles. The number of benzene rings is 2. The first-order valence-corrected chi connectivity index (χ1v) is 7.97. The molecule has 26 heavy (non-hydrogen) atoms. The molecule has 0 atom stereocenters. The van der Waals surface area contributed by atoms with Gasteiger partial charge in [-0.2, -0.15) is 13.2 Å². The Morgan fingerprint density at radius 2 is 1.38 bits per heavy atom. The van der Waals surface area contributed by atoms with Crippen LogP contribution in [0, 0.1) is 0 Å². The molecule has 0 heterocycles. The van der Waals surface area contributed by atoms with E-state index in [1.807, 2.05) is 0 Å². The van der Waals surface area contributed by atoms with Crippen molar-refractivity contribution in [2.75, 3.05) is 10.6 Å². The molecule has 3 rings (SSSR count). The van der Waals surface area contributed by atoms with E-state index in [0.717, 1.165) is 37.1 Å². The van der Waals surface area contributed by atoms with E-state index < -0.39 is 17.6 Å². The molecular formula is C18H16F3N3O2. The molecule has 3 N–H and O–H groups in total. The van der Waals surface area contributed by atoms with Gasteiger partial charge in [-0.15, -0.1) is 0 Å². The average molecular weight is 363 g/mol. The molecule has 0 bridgehead atoms. The van der Waals surface area contributed by atoms with Crippen molar-refractivity contribution < 1.29 is 22.8 Å². The Bertz CT molecular complexity index is 798. The fourth-order valence-electron chi connectivity index (χ4n) is 2.23. The zero-order valence-electron chi connectivity index (χ0n) is 13.6. The number of rotatable bonds is 4. The van der Waals surface area contributed by atoms with Crippen molar-refractivity contribution in [3.63, 3.8) is 0 Å². The van der Waals surface area contributed by atoms with Crippen molar-refractivity contribution in [3.05, 3.63) is 59.7 Å². The molecule has 1 aliphatic carbocycles. The van der Waals surface area contributed by atoms with E-state index in [-0.39, 0.29) is 17.6 Å². The Labute approximate surface area is 147 Å². The van der Waals surface area contributed by atoms with Crippen LogP contribution < -0.4 is 16.0 Å². The minimum atomic E-state index is -4.44. The van der Waals surface area contributed by atoms with Gasteiger partial charge >= 0.3 is 12.2 Å². The average Bonchev–Trinajstić information content (AvgIpc) is 3.40. The first-order chi connectivity index (χ1) is 12.3. The van der Waals surface area contributed by atoms with Crippen LogP contribution in [0.5, 0.6) is 0 Å².